The molecule has 1 aromatic carbocycles. The average molecular weight is 269 g/mol. The lowest BCUT2D eigenvalue weighted by atomic mass is 9.67. The van der Waals surface area contributed by atoms with Crippen LogP contribution in [-0.2, 0) is 6.42 Å². The van der Waals surface area contributed by atoms with Gasteiger partial charge in [-0.15, -0.1) is 0 Å². The van der Waals surface area contributed by atoms with Crippen LogP contribution in [0.4, 0.5) is 0 Å². The lowest BCUT2D eigenvalue weighted by Crippen LogP contribution is -2.37. The molecule has 1 aromatic rings. The van der Waals surface area contributed by atoms with Crippen LogP contribution in [0.2, 0.25) is 0 Å². The maximum atomic E-state index is 3.74. The molecule has 0 heterocycles. The monoisotopic (exact) mass is 269 g/mol. The molecule has 0 aromatic heterocycles. The summed E-state index contributed by atoms with van der Waals surface area (Å²) in [5.74, 6) is 2.83. The van der Waals surface area contributed by atoms with E-state index in [2.05, 4.69) is 29.6 Å². The van der Waals surface area contributed by atoms with Crippen molar-refractivity contribution in [1.29, 1.82) is 0 Å². The normalized spacial score (nSPS) is 32.5. The van der Waals surface area contributed by atoms with E-state index in [0.717, 1.165) is 23.8 Å². The van der Waals surface area contributed by atoms with Gasteiger partial charge in [-0.1, -0.05) is 24.3 Å². The van der Waals surface area contributed by atoms with Crippen LogP contribution in [0.5, 0.6) is 0 Å². The van der Waals surface area contributed by atoms with Crippen molar-refractivity contribution in [2.45, 2.75) is 63.3 Å². The Morgan fingerprint density at radius 2 is 1.80 bits per heavy atom. The molecule has 2 fully saturated rings. The number of hydrogen-bond donors (Lipinski definition) is 1. The first kappa shape index (κ1) is 12.9. The predicted octanol–water partition coefficient (Wildman–Crippen LogP) is 4.27. The van der Waals surface area contributed by atoms with Gasteiger partial charge < -0.3 is 5.32 Å². The van der Waals surface area contributed by atoms with Crippen LogP contribution in [0.25, 0.3) is 0 Å². The highest BCUT2D eigenvalue weighted by Crippen LogP contribution is 2.44. The summed E-state index contributed by atoms with van der Waals surface area (Å²) in [4.78, 5) is 0. The van der Waals surface area contributed by atoms with Crippen LogP contribution < -0.4 is 5.32 Å². The third-order valence-electron chi connectivity index (χ3n) is 5.90. The number of benzene rings is 1. The summed E-state index contributed by atoms with van der Waals surface area (Å²) in [5.41, 5.74) is 3.32. The predicted molar refractivity (Wildman–Crippen MR) is 84.0 cm³/mol. The lowest BCUT2D eigenvalue weighted by Gasteiger charge is -2.40. The Labute approximate surface area is 123 Å². The van der Waals surface area contributed by atoms with Gasteiger partial charge in [-0.05, 0) is 86.8 Å². The minimum absolute atomic E-state index is 0.855. The van der Waals surface area contributed by atoms with Crippen molar-refractivity contribution in [3.8, 4) is 0 Å². The lowest BCUT2D eigenvalue weighted by molar-refractivity contribution is 0.147. The van der Waals surface area contributed by atoms with Crippen molar-refractivity contribution in [3.05, 3.63) is 35.4 Å². The highest BCUT2D eigenvalue weighted by molar-refractivity contribution is 5.32. The summed E-state index contributed by atoms with van der Waals surface area (Å²) in [5, 5.41) is 3.74. The fourth-order valence-corrected chi connectivity index (χ4v) is 4.29. The van der Waals surface area contributed by atoms with Gasteiger partial charge in [0.1, 0.15) is 0 Å². The summed E-state index contributed by atoms with van der Waals surface area (Å²) in [7, 11) is 0. The highest BCUT2D eigenvalue weighted by Gasteiger charge is 2.34. The van der Waals surface area contributed by atoms with Gasteiger partial charge >= 0.3 is 0 Å². The summed E-state index contributed by atoms with van der Waals surface area (Å²) >= 11 is 0. The van der Waals surface area contributed by atoms with E-state index in [0.29, 0.717) is 0 Å². The van der Waals surface area contributed by atoms with E-state index in [9.17, 15) is 0 Å². The van der Waals surface area contributed by atoms with Crippen LogP contribution in [-0.4, -0.2) is 12.6 Å². The largest absolute Gasteiger partial charge is 0.314 e. The second-order valence-corrected chi connectivity index (χ2v) is 7.30. The Morgan fingerprint density at radius 1 is 0.950 bits per heavy atom. The van der Waals surface area contributed by atoms with E-state index in [1.807, 2.05) is 0 Å². The first-order valence-electron chi connectivity index (χ1n) is 8.71. The molecule has 0 bridgehead atoms. The van der Waals surface area contributed by atoms with E-state index >= 15 is 0 Å². The van der Waals surface area contributed by atoms with Gasteiger partial charge in [0.2, 0.25) is 0 Å². The molecule has 3 atom stereocenters. The zero-order valence-electron chi connectivity index (χ0n) is 12.5. The Kier molecular flexibility index (Phi) is 3.56. The molecular formula is C19H27N. The molecule has 1 heteroatoms. The smallest absolute Gasteiger partial charge is 0.00683 e. The molecule has 1 nitrogen and oxygen atoms in total. The molecule has 3 aliphatic carbocycles. The standard InChI is InChI=1S/C19H27N/c1-2-7-19-14(4-1)5-3-6-16(19)12-15-8-9-17(15)13-20-18-10-11-18/h1-2,4,7,15-18,20H,3,5-6,8-13H2. The van der Waals surface area contributed by atoms with Crippen molar-refractivity contribution < 1.29 is 0 Å². The van der Waals surface area contributed by atoms with Gasteiger partial charge in [-0.3, -0.25) is 0 Å². The van der Waals surface area contributed by atoms with E-state index in [1.165, 1.54) is 57.9 Å². The summed E-state index contributed by atoms with van der Waals surface area (Å²) in [6, 6.07) is 10.1. The minimum atomic E-state index is 0.855. The fraction of sp³-hybridized carbons (Fsp3) is 0.684. The molecule has 20 heavy (non-hydrogen) atoms. The number of aryl methyl sites for hydroxylation is 1. The molecule has 0 spiro atoms. The summed E-state index contributed by atoms with van der Waals surface area (Å²) in [6.45, 7) is 1.30. The SMILES string of the molecule is c1ccc2c(c1)CCCC2CC1CCC1CNC1CC1. The van der Waals surface area contributed by atoms with Gasteiger partial charge in [0.15, 0.2) is 0 Å². The molecule has 0 radical (unpaired) electrons. The second kappa shape index (κ2) is 5.52. The van der Waals surface area contributed by atoms with Gasteiger partial charge in [-0.25, -0.2) is 0 Å². The summed E-state index contributed by atoms with van der Waals surface area (Å²) in [6.07, 6.45) is 11.4. The topological polar surface area (TPSA) is 12.0 Å². The van der Waals surface area contributed by atoms with Gasteiger partial charge in [-0.2, -0.15) is 0 Å². The van der Waals surface area contributed by atoms with Crippen LogP contribution in [0.15, 0.2) is 24.3 Å². The van der Waals surface area contributed by atoms with Crippen molar-refractivity contribution >= 4 is 0 Å². The quantitative estimate of drug-likeness (QED) is 0.841. The molecule has 3 aliphatic rings. The number of rotatable bonds is 5. The van der Waals surface area contributed by atoms with Crippen LogP contribution >= 0.6 is 0 Å². The van der Waals surface area contributed by atoms with E-state index in [1.54, 1.807) is 11.1 Å². The molecule has 1 N–H and O–H groups in total. The fourth-order valence-electron chi connectivity index (χ4n) is 4.29. The molecule has 108 valence electrons. The molecule has 4 rings (SSSR count). The van der Waals surface area contributed by atoms with Crippen molar-refractivity contribution in [1.82, 2.24) is 5.32 Å². The highest BCUT2D eigenvalue weighted by atomic mass is 14.9. The van der Waals surface area contributed by atoms with Crippen LogP contribution in [0.1, 0.15) is 62.0 Å². The van der Waals surface area contributed by atoms with E-state index in [4.69, 9.17) is 0 Å². The molecule has 0 amide bonds. The first-order valence-corrected chi connectivity index (χ1v) is 8.71. The van der Waals surface area contributed by atoms with Gasteiger partial charge in [0.05, 0.1) is 0 Å². The maximum Gasteiger partial charge on any atom is 0.00683 e. The van der Waals surface area contributed by atoms with E-state index < -0.39 is 0 Å². The molecule has 2 saturated carbocycles. The number of nitrogens with one attached hydrogen (secondary N) is 1. The molecule has 0 saturated heterocycles. The number of fused-ring (bicyclic) bond motifs is 1. The van der Waals surface area contributed by atoms with Crippen LogP contribution in [0.3, 0.4) is 0 Å². The molecule has 0 aliphatic heterocycles. The third kappa shape index (κ3) is 2.65. The van der Waals surface area contributed by atoms with Crippen molar-refractivity contribution in [2.75, 3.05) is 6.54 Å². The summed E-state index contributed by atoms with van der Waals surface area (Å²) < 4.78 is 0. The molecule has 3 unspecified atom stereocenters. The number of hydrogen-bond acceptors (Lipinski definition) is 1. The Morgan fingerprint density at radius 3 is 2.60 bits per heavy atom. The third-order valence-corrected chi connectivity index (χ3v) is 5.90. The van der Waals surface area contributed by atoms with Crippen molar-refractivity contribution in [3.63, 3.8) is 0 Å². The second-order valence-electron chi connectivity index (χ2n) is 7.30. The minimum Gasteiger partial charge on any atom is -0.314 e. The Balaban J connectivity index is 1.37. The first-order chi connectivity index (χ1) is 9.90. The van der Waals surface area contributed by atoms with E-state index in [-0.39, 0.29) is 0 Å². The molecular weight excluding hydrogens is 242 g/mol. The van der Waals surface area contributed by atoms with Crippen molar-refractivity contribution in [2.24, 2.45) is 11.8 Å². The Hall–Kier alpha value is -0.820. The maximum absolute atomic E-state index is 3.74. The van der Waals surface area contributed by atoms with Gasteiger partial charge in [0, 0.05) is 6.04 Å². The average Bonchev–Trinajstić information content (AvgIpc) is 3.28. The zero-order valence-corrected chi connectivity index (χ0v) is 12.5. The Bertz CT molecular complexity index is 463. The zero-order chi connectivity index (χ0) is 13.4. The van der Waals surface area contributed by atoms with Gasteiger partial charge in [0.25, 0.3) is 0 Å². The van der Waals surface area contributed by atoms with Crippen LogP contribution in [0, 0.1) is 11.8 Å².